The van der Waals surface area contributed by atoms with E-state index in [2.05, 4.69) is 10.6 Å². The van der Waals surface area contributed by atoms with E-state index in [-0.39, 0.29) is 23.1 Å². The van der Waals surface area contributed by atoms with Crippen molar-refractivity contribution in [1.29, 1.82) is 0 Å². The molecule has 0 aromatic heterocycles. The SMILES string of the molecule is CC(=O)Nc1cccc(NC(=O)Cc2ccc(N(C)S(=O)(=O)c3ccc(Cl)cc3)cc2)c1. The summed E-state index contributed by atoms with van der Waals surface area (Å²) in [5, 5.41) is 5.90. The Kier molecular flexibility index (Phi) is 7.17. The molecule has 0 heterocycles. The van der Waals surface area contributed by atoms with E-state index in [1.165, 1.54) is 42.5 Å². The third kappa shape index (κ3) is 5.87. The molecule has 0 saturated carbocycles. The first-order chi connectivity index (χ1) is 15.1. The Hall–Kier alpha value is -3.36. The Morgan fingerprint density at radius 3 is 2.09 bits per heavy atom. The highest BCUT2D eigenvalue weighted by Gasteiger charge is 2.21. The summed E-state index contributed by atoms with van der Waals surface area (Å²) in [5.41, 5.74) is 2.34. The molecule has 2 N–H and O–H groups in total. The minimum atomic E-state index is -3.73. The van der Waals surface area contributed by atoms with Crippen LogP contribution in [-0.4, -0.2) is 27.3 Å². The van der Waals surface area contributed by atoms with E-state index < -0.39 is 10.0 Å². The fourth-order valence-electron chi connectivity index (χ4n) is 3.00. The number of rotatable bonds is 7. The van der Waals surface area contributed by atoms with Gasteiger partial charge in [0, 0.05) is 30.4 Å². The van der Waals surface area contributed by atoms with E-state index in [1.807, 2.05) is 0 Å². The molecule has 0 unspecified atom stereocenters. The summed E-state index contributed by atoms with van der Waals surface area (Å²) in [6, 6.07) is 19.5. The molecule has 0 spiro atoms. The molecule has 0 atom stereocenters. The number of halogens is 1. The van der Waals surface area contributed by atoms with Crippen LogP contribution >= 0.6 is 11.6 Å². The molecule has 0 saturated heterocycles. The molecule has 0 aliphatic carbocycles. The molecule has 0 fully saturated rings. The number of nitrogens with zero attached hydrogens (tertiary/aromatic N) is 1. The Labute approximate surface area is 192 Å². The molecule has 9 heteroatoms. The van der Waals surface area contributed by atoms with Crippen LogP contribution in [0.15, 0.2) is 77.7 Å². The highest BCUT2D eigenvalue weighted by molar-refractivity contribution is 7.92. The van der Waals surface area contributed by atoms with Gasteiger partial charge in [0.15, 0.2) is 0 Å². The van der Waals surface area contributed by atoms with Gasteiger partial charge in [0.1, 0.15) is 0 Å². The highest BCUT2D eigenvalue weighted by atomic mass is 35.5. The number of carbonyl (C=O) groups is 2. The number of carbonyl (C=O) groups excluding carboxylic acids is 2. The van der Waals surface area contributed by atoms with E-state index in [4.69, 9.17) is 11.6 Å². The maximum absolute atomic E-state index is 12.8. The second kappa shape index (κ2) is 9.84. The topological polar surface area (TPSA) is 95.6 Å². The molecule has 3 rings (SSSR count). The van der Waals surface area contributed by atoms with Gasteiger partial charge in [-0.1, -0.05) is 29.8 Å². The predicted molar refractivity (Wildman–Crippen MR) is 127 cm³/mol. The van der Waals surface area contributed by atoms with Crippen LogP contribution in [0.5, 0.6) is 0 Å². The zero-order chi connectivity index (χ0) is 23.3. The van der Waals surface area contributed by atoms with Crippen molar-refractivity contribution in [3.8, 4) is 0 Å². The van der Waals surface area contributed by atoms with Crippen molar-refractivity contribution >= 4 is 50.5 Å². The average molecular weight is 472 g/mol. The third-order valence-electron chi connectivity index (χ3n) is 4.60. The van der Waals surface area contributed by atoms with Gasteiger partial charge in [-0.15, -0.1) is 0 Å². The van der Waals surface area contributed by atoms with Crippen molar-refractivity contribution in [1.82, 2.24) is 0 Å². The van der Waals surface area contributed by atoms with Crippen molar-refractivity contribution in [3.63, 3.8) is 0 Å². The minimum absolute atomic E-state index is 0.109. The molecule has 3 aromatic carbocycles. The summed E-state index contributed by atoms with van der Waals surface area (Å²) < 4.78 is 26.8. The molecular formula is C23H22ClN3O4S. The summed E-state index contributed by atoms with van der Waals surface area (Å²) in [7, 11) is -2.27. The molecule has 0 aliphatic heterocycles. The first-order valence-electron chi connectivity index (χ1n) is 9.66. The van der Waals surface area contributed by atoms with E-state index in [0.717, 1.165) is 5.56 Å². The largest absolute Gasteiger partial charge is 0.326 e. The summed E-state index contributed by atoms with van der Waals surface area (Å²) in [5.74, 6) is -0.434. The lowest BCUT2D eigenvalue weighted by Gasteiger charge is -2.20. The van der Waals surface area contributed by atoms with Gasteiger partial charge < -0.3 is 10.6 Å². The lowest BCUT2D eigenvalue weighted by molar-refractivity contribution is -0.115. The van der Waals surface area contributed by atoms with Gasteiger partial charge in [-0.2, -0.15) is 0 Å². The first kappa shape index (κ1) is 23.3. The van der Waals surface area contributed by atoms with Crippen molar-refractivity contribution < 1.29 is 18.0 Å². The molecule has 32 heavy (non-hydrogen) atoms. The van der Waals surface area contributed by atoms with Crippen molar-refractivity contribution in [2.75, 3.05) is 22.0 Å². The lowest BCUT2D eigenvalue weighted by atomic mass is 10.1. The fourth-order valence-corrected chi connectivity index (χ4v) is 4.32. The number of benzene rings is 3. The second-order valence-corrected chi connectivity index (χ2v) is 9.49. The van der Waals surface area contributed by atoms with Crippen LogP contribution < -0.4 is 14.9 Å². The Morgan fingerprint density at radius 2 is 1.50 bits per heavy atom. The second-order valence-electron chi connectivity index (χ2n) is 7.08. The van der Waals surface area contributed by atoms with Gasteiger partial charge in [0.2, 0.25) is 11.8 Å². The lowest BCUT2D eigenvalue weighted by Crippen LogP contribution is -2.26. The summed E-state index contributed by atoms with van der Waals surface area (Å²) >= 11 is 5.84. The van der Waals surface area contributed by atoms with Crippen LogP contribution in [0, 0.1) is 0 Å². The van der Waals surface area contributed by atoms with Gasteiger partial charge in [0.05, 0.1) is 17.0 Å². The van der Waals surface area contributed by atoms with E-state index in [9.17, 15) is 18.0 Å². The van der Waals surface area contributed by atoms with Gasteiger partial charge in [0.25, 0.3) is 10.0 Å². The van der Waals surface area contributed by atoms with Gasteiger partial charge in [-0.25, -0.2) is 8.42 Å². The molecule has 7 nitrogen and oxygen atoms in total. The normalized spacial score (nSPS) is 11.0. The molecule has 0 aliphatic rings. The van der Waals surface area contributed by atoms with Gasteiger partial charge in [-0.05, 0) is 60.2 Å². The molecule has 166 valence electrons. The van der Waals surface area contributed by atoms with Crippen LogP contribution in [0.3, 0.4) is 0 Å². The van der Waals surface area contributed by atoms with Crippen LogP contribution in [0.1, 0.15) is 12.5 Å². The zero-order valence-electron chi connectivity index (χ0n) is 17.5. The molecular weight excluding hydrogens is 450 g/mol. The zero-order valence-corrected chi connectivity index (χ0v) is 19.1. The average Bonchev–Trinajstić information content (AvgIpc) is 2.74. The van der Waals surface area contributed by atoms with E-state index in [0.29, 0.717) is 22.1 Å². The third-order valence-corrected chi connectivity index (χ3v) is 6.66. The summed E-state index contributed by atoms with van der Waals surface area (Å²) in [6.07, 6.45) is 0.109. The highest BCUT2D eigenvalue weighted by Crippen LogP contribution is 2.24. The summed E-state index contributed by atoms with van der Waals surface area (Å²) in [4.78, 5) is 23.7. The molecule has 0 bridgehead atoms. The van der Waals surface area contributed by atoms with Crippen LogP contribution in [0.2, 0.25) is 5.02 Å². The van der Waals surface area contributed by atoms with E-state index in [1.54, 1.807) is 48.5 Å². The number of sulfonamides is 1. The maximum atomic E-state index is 12.8. The number of hydrogen-bond acceptors (Lipinski definition) is 4. The molecule has 2 amide bonds. The smallest absolute Gasteiger partial charge is 0.264 e. The number of hydrogen-bond donors (Lipinski definition) is 2. The van der Waals surface area contributed by atoms with Gasteiger partial charge in [-0.3, -0.25) is 13.9 Å². The standard InChI is InChI=1S/C23H22ClN3O4S/c1-16(28)25-19-4-3-5-20(15-19)26-23(29)14-17-6-10-21(11-7-17)27(2)32(30,31)22-12-8-18(24)9-13-22/h3-13,15H,14H2,1-2H3,(H,25,28)(H,26,29). The quantitative estimate of drug-likeness (QED) is 0.536. The first-order valence-corrected chi connectivity index (χ1v) is 11.5. The molecule has 0 radical (unpaired) electrons. The van der Waals surface area contributed by atoms with Crippen molar-refractivity contribution in [3.05, 3.63) is 83.4 Å². The monoisotopic (exact) mass is 471 g/mol. The van der Waals surface area contributed by atoms with Gasteiger partial charge >= 0.3 is 0 Å². The minimum Gasteiger partial charge on any atom is -0.326 e. The van der Waals surface area contributed by atoms with Crippen LogP contribution in [-0.2, 0) is 26.0 Å². The Morgan fingerprint density at radius 1 is 0.906 bits per heavy atom. The molecule has 3 aromatic rings. The Bertz CT molecular complexity index is 1230. The number of amides is 2. The Balaban J connectivity index is 1.66. The van der Waals surface area contributed by atoms with E-state index >= 15 is 0 Å². The van der Waals surface area contributed by atoms with Crippen molar-refractivity contribution in [2.45, 2.75) is 18.2 Å². The maximum Gasteiger partial charge on any atom is 0.264 e. The van der Waals surface area contributed by atoms with Crippen molar-refractivity contribution in [2.24, 2.45) is 0 Å². The number of anilines is 3. The van der Waals surface area contributed by atoms with Crippen LogP contribution in [0.25, 0.3) is 0 Å². The van der Waals surface area contributed by atoms with Crippen LogP contribution in [0.4, 0.5) is 17.1 Å². The predicted octanol–water partition coefficient (Wildman–Crippen LogP) is 4.30. The summed E-state index contributed by atoms with van der Waals surface area (Å²) in [6.45, 7) is 1.41. The fraction of sp³-hybridized carbons (Fsp3) is 0.130. The number of nitrogens with one attached hydrogen (secondary N) is 2.